The van der Waals surface area contributed by atoms with Crippen molar-refractivity contribution < 1.29 is 14.7 Å². The maximum atomic E-state index is 11.3. The molecule has 1 aliphatic carbocycles. The largest absolute Gasteiger partial charge is 0.481 e. The molecule has 86 valence electrons. The summed E-state index contributed by atoms with van der Waals surface area (Å²) in [5.41, 5.74) is 0. The molecule has 5 heteroatoms. The van der Waals surface area contributed by atoms with Crippen molar-refractivity contribution >= 4 is 23.6 Å². The van der Waals surface area contributed by atoms with Crippen LogP contribution < -0.4 is 5.32 Å². The third kappa shape index (κ3) is 5.06. The number of carboxylic acid groups (broad SMARTS) is 1. The number of carbonyl (C=O) groups is 2. The van der Waals surface area contributed by atoms with E-state index in [-0.39, 0.29) is 18.2 Å². The summed E-state index contributed by atoms with van der Waals surface area (Å²) in [7, 11) is 0. The van der Waals surface area contributed by atoms with E-state index in [0.717, 1.165) is 12.2 Å². The summed E-state index contributed by atoms with van der Waals surface area (Å²) in [6.45, 7) is 2.72. The Morgan fingerprint density at radius 2 is 2.13 bits per heavy atom. The van der Waals surface area contributed by atoms with Crippen molar-refractivity contribution in [3.05, 3.63) is 0 Å². The lowest BCUT2D eigenvalue weighted by molar-refractivity contribution is -0.136. The minimum absolute atomic E-state index is 0.154. The number of nitrogens with one attached hydrogen (secondary N) is 1. The molecule has 2 N–H and O–H groups in total. The van der Waals surface area contributed by atoms with Gasteiger partial charge < -0.3 is 10.4 Å². The molecule has 0 aromatic heterocycles. The van der Waals surface area contributed by atoms with Gasteiger partial charge in [0.1, 0.15) is 0 Å². The number of aliphatic carboxylic acids is 1. The zero-order valence-corrected chi connectivity index (χ0v) is 9.68. The maximum absolute atomic E-state index is 11.3. The van der Waals surface area contributed by atoms with Crippen LogP contribution in [0.3, 0.4) is 0 Å². The molecule has 0 aromatic rings. The van der Waals surface area contributed by atoms with Crippen LogP contribution in [-0.2, 0) is 9.59 Å². The molecule has 1 amide bonds. The lowest BCUT2D eigenvalue weighted by Crippen LogP contribution is -2.27. The second kappa shape index (κ2) is 6.00. The fourth-order valence-corrected chi connectivity index (χ4v) is 2.10. The van der Waals surface area contributed by atoms with Gasteiger partial charge in [-0.05, 0) is 12.3 Å². The molecule has 1 saturated carbocycles. The molecule has 0 aliphatic heterocycles. The van der Waals surface area contributed by atoms with Gasteiger partial charge in [0.25, 0.3) is 0 Å². The Bertz CT molecular complexity index is 245. The number of rotatable bonds is 7. The van der Waals surface area contributed by atoms with E-state index in [0.29, 0.717) is 18.2 Å². The van der Waals surface area contributed by atoms with Crippen LogP contribution >= 0.6 is 11.8 Å². The molecular formula is C10H17NO3S. The third-order valence-corrected chi connectivity index (χ3v) is 3.44. The Kier molecular flexibility index (Phi) is 4.94. The average molecular weight is 231 g/mol. The van der Waals surface area contributed by atoms with Gasteiger partial charge in [-0.1, -0.05) is 6.92 Å². The summed E-state index contributed by atoms with van der Waals surface area (Å²) in [6, 6.07) is 0. The first-order valence-corrected chi connectivity index (χ1v) is 6.34. The van der Waals surface area contributed by atoms with Crippen molar-refractivity contribution in [3.63, 3.8) is 0 Å². The van der Waals surface area contributed by atoms with E-state index in [1.54, 1.807) is 11.8 Å². The highest BCUT2D eigenvalue weighted by molar-refractivity contribution is 7.99. The number of hydrogen-bond acceptors (Lipinski definition) is 3. The lowest BCUT2D eigenvalue weighted by atomic mass is 10.3. The zero-order chi connectivity index (χ0) is 11.3. The second-order valence-electron chi connectivity index (χ2n) is 3.87. The second-order valence-corrected chi connectivity index (χ2v) is 5.09. The highest BCUT2D eigenvalue weighted by atomic mass is 32.2. The summed E-state index contributed by atoms with van der Waals surface area (Å²) in [4.78, 5) is 21.5. The molecule has 0 saturated heterocycles. The Balaban J connectivity index is 1.88. The van der Waals surface area contributed by atoms with E-state index in [9.17, 15) is 9.59 Å². The van der Waals surface area contributed by atoms with E-state index in [1.807, 2.05) is 0 Å². The Morgan fingerprint density at radius 3 is 2.67 bits per heavy atom. The van der Waals surface area contributed by atoms with E-state index in [4.69, 9.17) is 5.11 Å². The first-order valence-electron chi connectivity index (χ1n) is 5.18. The molecule has 1 rings (SSSR count). The van der Waals surface area contributed by atoms with Gasteiger partial charge in [0.2, 0.25) is 5.91 Å². The van der Waals surface area contributed by atoms with Gasteiger partial charge >= 0.3 is 5.97 Å². The van der Waals surface area contributed by atoms with Crippen molar-refractivity contribution in [3.8, 4) is 0 Å². The van der Waals surface area contributed by atoms with Crippen LogP contribution in [0.4, 0.5) is 0 Å². The van der Waals surface area contributed by atoms with E-state index in [2.05, 4.69) is 12.2 Å². The highest BCUT2D eigenvalue weighted by Gasteiger charge is 2.38. The molecule has 2 unspecified atom stereocenters. The fraction of sp³-hybridized carbons (Fsp3) is 0.800. The first-order chi connectivity index (χ1) is 7.11. The van der Waals surface area contributed by atoms with Gasteiger partial charge in [0.05, 0.1) is 6.42 Å². The van der Waals surface area contributed by atoms with Gasteiger partial charge in [-0.3, -0.25) is 9.59 Å². The summed E-state index contributed by atoms with van der Waals surface area (Å²) < 4.78 is 0. The highest BCUT2D eigenvalue weighted by Crippen LogP contribution is 2.37. The van der Waals surface area contributed by atoms with Crippen LogP contribution in [0.2, 0.25) is 0 Å². The van der Waals surface area contributed by atoms with E-state index in [1.165, 1.54) is 0 Å². The van der Waals surface area contributed by atoms with Gasteiger partial charge in [0.15, 0.2) is 0 Å². The smallest absolute Gasteiger partial charge is 0.304 e. The van der Waals surface area contributed by atoms with Crippen molar-refractivity contribution in [2.24, 2.45) is 11.8 Å². The zero-order valence-electron chi connectivity index (χ0n) is 8.86. The fourth-order valence-electron chi connectivity index (χ4n) is 1.33. The van der Waals surface area contributed by atoms with Gasteiger partial charge in [0, 0.05) is 24.0 Å². The van der Waals surface area contributed by atoms with Crippen molar-refractivity contribution in [1.82, 2.24) is 5.32 Å². The molecule has 2 atom stereocenters. The number of thioether (sulfide) groups is 1. The normalized spacial score (nSPS) is 23.5. The maximum Gasteiger partial charge on any atom is 0.304 e. The van der Waals surface area contributed by atoms with Crippen LogP contribution in [0, 0.1) is 11.8 Å². The molecule has 0 bridgehead atoms. The molecule has 0 aromatic carbocycles. The van der Waals surface area contributed by atoms with Crippen molar-refractivity contribution in [2.45, 2.75) is 19.8 Å². The van der Waals surface area contributed by atoms with Gasteiger partial charge in [-0.15, -0.1) is 0 Å². The minimum atomic E-state index is -0.765. The number of amides is 1. The quantitative estimate of drug-likeness (QED) is 0.641. The Labute approximate surface area is 93.8 Å². The Morgan fingerprint density at radius 1 is 1.47 bits per heavy atom. The summed E-state index contributed by atoms with van der Waals surface area (Å²) in [5, 5.41) is 11.2. The SMILES string of the molecule is CC1CC1C(=O)NCCSCCC(=O)O. The lowest BCUT2D eigenvalue weighted by Gasteiger charge is -2.03. The predicted octanol–water partition coefficient (Wildman–Crippen LogP) is 0.966. The van der Waals surface area contributed by atoms with E-state index < -0.39 is 5.97 Å². The average Bonchev–Trinajstić information content (AvgIpc) is 2.88. The van der Waals surface area contributed by atoms with Crippen LogP contribution in [0.5, 0.6) is 0 Å². The number of carbonyl (C=O) groups excluding carboxylic acids is 1. The van der Waals surface area contributed by atoms with E-state index >= 15 is 0 Å². The molecule has 0 radical (unpaired) electrons. The predicted molar refractivity (Wildman–Crippen MR) is 59.9 cm³/mol. The van der Waals surface area contributed by atoms with Crippen LogP contribution in [0.15, 0.2) is 0 Å². The molecule has 0 heterocycles. The first kappa shape index (κ1) is 12.4. The van der Waals surface area contributed by atoms with Gasteiger partial charge in [-0.2, -0.15) is 11.8 Å². The Hall–Kier alpha value is -0.710. The summed E-state index contributed by atoms with van der Waals surface area (Å²) >= 11 is 1.56. The monoisotopic (exact) mass is 231 g/mol. The van der Waals surface area contributed by atoms with Crippen LogP contribution in [-0.4, -0.2) is 35.0 Å². The standard InChI is InChI=1S/C10H17NO3S/c1-7-6-8(7)10(14)11-3-5-15-4-2-9(12)13/h7-8H,2-6H2,1H3,(H,11,14)(H,12,13). The molecule has 1 aliphatic rings. The van der Waals surface area contributed by atoms with Crippen molar-refractivity contribution in [1.29, 1.82) is 0 Å². The molecule has 15 heavy (non-hydrogen) atoms. The summed E-state index contributed by atoms with van der Waals surface area (Å²) in [5.74, 6) is 1.57. The van der Waals surface area contributed by atoms with Gasteiger partial charge in [-0.25, -0.2) is 0 Å². The number of hydrogen-bond donors (Lipinski definition) is 2. The van der Waals surface area contributed by atoms with Crippen LogP contribution in [0.1, 0.15) is 19.8 Å². The molecule has 1 fully saturated rings. The third-order valence-electron chi connectivity index (χ3n) is 2.45. The molecule has 0 spiro atoms. The summed E-state index contributed by atoms with van der Waals surface area (Å²) in [6.07, 6.45) is 1.20. The number of carboxylic acids is 1. The molecule has 4 nitrogen and oxygen atoms in total. The van der Waals surface area contributed by atoms with Crippen LogP contribution in [0.25, 0.3) is 0 Å². The van der Waals surface area contributed by atoms with Crippen molar-refractivity contribution in [2.75, 3.05) is 18.1 Å². The minimum Gasteiger partial charge on any atom is -0.481 e. The topological polar surface area (TPSA) is 66.4 Å². The molecular weight excluding hydrogens is 214 g/mol.